The molecule has 1 aliphatic carbocycles. The molecule has 0 spiro atoms. The lowest BCUT2D eigenvalue weighted by Crippen LogP contribution is -2.41. The number of aryl methyl sites for hydroxylation is 1. The van der Waals surface area contributed by atoms with E-state index in [1.165, 1.54) is 19.5 Å². The van der Waals surface area contributed by atoms with Crippen molar-refractivity contribution in [1.82, 2.24) is 24.6 Å². The number of esters is 1. The number of alkyl halides is 6. The molecule has 3 heterocycles. The Balaban J connectivity index is 1.38. The number of hydrogen-bond acceptors (Lipinski definition) is 8. The van der Waals surface area contributed by atoms with Gasteiger partial charge in [0.05, 0.1) is 37.1 Å². The molecule has 51 heavy (non-hydrogen) atoms. The quantitative estimate of drug-likeness (QED) is 0.155. The molecule has 16 heteroatoms. The molecular formula is C35H42F6N6O4. The molecule has 1 amide bonds. The first kappa shape index (κ1) is 37.9. The van der Waals surface area contributed by atoms with Gasteiger partial charge in [-0.3, -0.25) is 9.48 Å². The molecule has 0 unspecified atom stereocenters. The lowest BCUT2D eigenvalue weighted by molar-refractivity contribution is -0.144. The van der Waals surface area contributed by atoms with Crippen LogP contribution in [0.25, 0.3) is 11.1 Å². The maximum atomic E-state index is 13.8. The van der Waals surface area contributed by atoms with Crippen molar-refractivity contribution in [2.24, 2.45) is 18.4 Å². The molecular weight excluding hydrogens is 682 g/mol. The van der Waals surface area contributed by atoms with E-state index in [1.807, 2.05) is 13.8 Å². The fraction of sp³-hybridized carbons (Fsp3) is 0.571. The van der Waals surface area contributed by atoms with Gasteiger partial charge in [-0.05, 0) is 68.2 Å². The van der Waals surface area contributed by atoms with Gasteiger partial charge in [-0.1, -0.05) is 13.8 Å². The highest BCUT2D eigenvalue weighted by Gasteiger charge is 2.42. The van der Waals surface area contributed by atoms with Gasteiger partial charge in [0.2, 0.25) is 5.95 Å². The van der Waals surface area contributed by atoms with Crippen molar-refractivity contribution in [3.05, 3.63) is 59.7 Å². The van der Waals surface area contributed by atoms with E-state index in [2.05, 4.69) is 15.1 Å². The number of ether oxygens (including phenoxy) is 2. The Morgan fingerprint density at radius 1 is 0.980 bits per heavy atom. The summed E-state index contributed by atoms with van der Waals surface area (Å²) in [5.41, 5.74) is -2.02. The third-order valence-corrected chi connectivity index (χ3v) is 10.0. The van der Waals surface area contributed by atoms with E-state index in [0.717, 1.165) is 31.2 Å². The molecule has 0 bridgehead atoms. The third kappa shape index (κ3) is 9.30. The number of benzene rings is 1. The molecule has 1 saturated carbocycles. The van der Waals surface area contributed by atoms with Gasteiger partial charge in [-0.2, -0.15) is 31.4 Å². The summed E-state index contributed by atoms with van der Waals surface area (Å²) in [5.74, 6) is 0.0440. The fourth-order valence-corrected chi connectivity index (χ4v) is 6.95. The number of methoxy groups -OCH3 is 1. The predicted molar refractivity (Wildman–Crippen MR) is 174 cm³/mol. The summed E-state index contributed by atoms with van der Waals surface area (Å²) >= 11 is 0. The number of anilines is 1. The van der Waals surface area contributed by atoms with Crippen LogP contribution in [0.5, 0.6) is 0 Å². The van der Waals surface area contributed by atoms with Crippen LogP contribution >= 0.6 is 0 Å². The SMILES string of the molecule is CC[C@@H]1C[C@H](N(Cc2cc(C(F)(F)F)cc(C(F)(F)F)c2)c2ncc(-c3cnn(C)c3)cn2)CN1C(=O)OCC1(C)CCC(CC(=O)OC)CC1. The monoisotopic (exact) mass is 724 g/mol. The standard InChI is InChI=1S/C35H42F6N6O4/c1-5-28-14-29(20-47(28)32(49)51-21-33(2)8-6-22(7-9-33)12-30(48)50-4)46(31-42-15-24(16-43-31)25-17-44-45(3)19-25)18-23-10-26(34(36,37)38)13-27(11-23)35(39,40)41/h10-11,13,15-17,19,22,28-29H,5-9,12,14,18,20-21H2,1-4H3/t22?,28-,29+,33?/m1/s1. The molecule has 278 valence electrons. The summed E-state index contributed by atoms with van der Waals surface area (Å²) < 4.78 is 94.9. The van der Waals surface area contributed by atoms with E-state index >= 15 is 0 Å². The Bertz CT molecular complexity index is 1640. The van der Waals surface area contributed by atoms with Crippen LogP contribution in [0.3, 0.4) is 0 Å². The lowest BCUT2D eigenvalue weighted by atomic mass is 9.71. The van der Waals surface area contributed by atoms with Gasteiger partial charge in [0.15, 0.2) is 0 Å². The molecule has 1 aromatic carbocycles. The van der Waals surface area contributed by atoms with E-state index < -0.39 is 35.6 Å². The van der Waals surface area contributed by atoms with E-state index in [9.17, 15) is 35.9 Å². The van der Waals surface area contributed by atoms with Gasteiger partial charge in [0.25, 0.3) is 0 Å². The Labute approximate surface area is 292 Å². The van der Waals surface area contributed by atoms with Crippen molar-refractivity contribution in [1.29, 1.82) is 0 Å². The predicted octanol–water partition coefficient (Wildman–Crippen LogP) is 7.67. The first-order valence-corrected chi connectivity index (χ1v) is 16.8. The number of halogens is 6. The summed E-state index contributed by atoms with van der Waals surface area (Å²) in [5, 5.41) is 4.13. The first-order chi connectivity index (χ1) is 24.0. The van der Waals surface area contributed by atoms with Crippen LogP contribution in [-0.4, -0.2) is 69.1 Å². The van der Waals surface area contributed by atoms with Gasteiger partial charge in [0, 0.05) is 67.7 Å². The number of amides is 1. The smallest absolute Gasteiger partial charge is 0.416 e. The maximum Gasteiger partial charge on any atom is 0.416 e. The largest absolute Gasteiger partial charge is 0.469 e. The highest BCUT2D eigenvalue weighted by molar-refractivity contribution is 5.69. The Morgan fingerprint density at radius 3 is 2.14 bits per heavy atom. The molecule has 2 fully saturated rings. The second kappa shape index (κ2) is 15.1. The van der Waals surface area contributed by atoms with Crippen molar-refractivity contribution in [2.45, 2.75) is 89.8 Å². The van der Waals surface area contributed by atoms with Crippen LogP contribution in [0.2, 0.25) is 0 Å². The Kier molecular flexibility index (Phi) is 11.2. The number of carbonyl (C=O) groups is 2. The molecule has 5 rings (SSSR count). The minimum absolute atomic E-state index is 0.0832. The minimum Gasteiger partial charge on any atom is -0.469 e. The number of rotatable bonds is 10. The average molecular weight is 725 g/mol. The van der Waals surface area contributed by atoms with Crippen molar-refractivity contribution in [2.75, 3.05) is 25.2 Å². The van der Waals surface area contributed by atoms with E-state index in [0.29, 0.717) is 37.0 Å². The highest BCUT2D eigenvalue weighted by Crippen LogP contribution is 2.41. The number of nitrogens with zero attached hydrogens (tertiary/aromatic N) is 6. The second-order valence-electron chi connectivity index (χ2n) is 13.9. The van der Waals surface area contributed by atoms with Crippen molar-refractivity contribution in [3.8, 4) is 11.1 Å². The van der Waals surface area contributed by atoms with Crippen LogP contribution < -0.4 is 4.90 Å². The molecule has 0 N–H and O–H groups in total. The van der Waals surface area contributed by atoms with Gasteiger partial charge < -0.3 is 19.3 Å². The van der Waals surface area contributed by atoms with Crippen LogP contribution in [0.4, 0.5) is 37.1 Å². The maximum absolute atomic E-state index is 13.8. The summed E-state index contributed by atoms with van der Waals surface area (Å²) in [6.45, 7) is 3.81. The second-order valence-corrected chi connectivity index (χ2v) is 13.9. The van der Waals surface area contributed by atoms with Gasteiger partial charge in [0.1, 0.15) is 0 Å². The number of aromatic nitrogens is 4. The minimum atomic E-state index is -5.01. The molecule has 0 radical (unpaired) electrons. The molecule has 3 aromatic rings. The average Bonchev–Trinajstić information content (AvgIpc) is 3.73. The molecule has 2 atom stereocenters. The molecule has 1 saturated heterocycles. The molecule has 2 aliphatic rings. The molecule has 10 nitrogen and oxygen atoms in total. The zero-order chi connectivity index (χ0) is 37.1. The van der Waals surface area contributed by atoms with Crippen molar-refractivity contribution in [3.63, 3.8) is 0 Å². The highest BCUT2D eigenvalue weighted by atomic mass is 19.4. The lowest BCUT2D eigenvalue weighted by Gasteiger charge is -2.37. The number of likely N-dealkylation sites (tertiary alicyclic amines) is 1. The van der Waals surface area contributed by atoms with Crippen LogP contribution in [0, 0.1) is 11.3 Å². The van der Waals surface area contributed by atoms with E-state index in [-0.39, 0.29) is 60.6 Å². The first-order valence-electron chi connectivity index (χ1n) is 16.8. The normalized spacial score (nSPS) is 22.5. The van der Waals surface area contributed by atoms with E-state index in [1.54, 1.807) is 33.9 Å². The zero-order valence-corrected chi connectivity index (χ0v) is 28.9. The van der Waals surface area contributed by atoms with Crippen LogP contribution in [-0.2, 0) is 40.2 Å². The van der Waals surface area contributed by atoms with Gasteiger partial charge >= 0.3 is 24.4 Å². The summed E-state index contributed by atoms with van der Waals surface area (Å²) in [7, 11) is 3.10. The number of hydrogen-bond donors (Lipinski definition) is 0. The van der Waals surface area contributed by atoms with E-state index in [4.69, 9.17) is 9.47 Å². The fourth-order valence-electron chi connectivity index (χ4n) is 6.95. The van der Waals surface area contributed by atoms with Crippen molar-refractivity contribution >= 4 is 18.0 Å². The van der Waals surface area contributed by atoms with Crippen LogP contribution in [0.15, 0.2) is 43.0 Å². The topological polar surface area (TPSA) is 103 Å². The molecule has 2 aromatic heterocycles. The Morgan fingerprint density at radius 2 is 1.61 bits per heavy atom. The Hall–Kier alpha value is -4.37. The summed E-state index contributed by atoms with van der Waals surface area (Å²) in [4.78, 5) is 37.3. The summed E-state index contributed by atoms with van der Waals surface area (Å²) in [6, 6.07) is 0.631. The van der Waals surface area contributed by atoms with Crippen LogP contribution in [0.1, 0.15) is 75.5 Å². The zero-order valence-electron chi connectivity index (χ0n) is 28.9. The summed E-state index contributed by atoms with van der Waals surface area (Å²) in [6.07, 6.45) is 0.177. The van der Waals surface area contributed by atoms with Crippen molar-refractivity contribution < 1.29 is 45.4 Å². The third-order valence-electron chi connectivity index (χ3n) is 10.0. The van der Waals surface area contributed by atoms with Gasteiger partial charge in [-0.25, -0.2) is 14.8 Å². The number of carbonyl (C=O) groups excluding carboxylic acids is 2. The van der Waals surface area contributed by atoms with Gasteiger partial charge in [-0.15, -0.1) is 0 Å². The molecule has 1 aliphatic heterocycles.